The van der Waals surface area contributed by atoms with Crippen LogP contribution in [0.2, 0.25) is 0 Å². The number of nitrogens with zero attached hydrogens (tertiary/aromatic N) is 4. The molecule has 0 radical (unpaired) electrons. The number of benzene rings is 3. The molecule has 0 fully saturated rings. The van der Waals surface area contributed by atoms with Gasteiger partial charge in [0.05, 0.1) is 52.0 Å². The van der Waals surface area contributed by atoms with Crippen molar-refractivity contribution in [3.05, 3.63) is 119 Å². The molecule has 7 aromatic rings. The Kier molecular flexibility index (Phi) is 13.1. The highest BCUT2D eigenvalue weighted by molar-refractivity contribution is 6.14. The summed E-state index contributed by atoms with van der Waals surface area (Å²) in [5, 5.41) is 16.4. The van der Waals surface area contributed by atoms with Gasteiger partial charge in [-0.2, -0.15) is 0 Å². The maximum atomic E-state index is 12.9. The Hall–Kier alpha value is -9.41. The van der Waals surface area contributed by atoms with Gasteiger partial charge < -0.3 is 55.5 Å². The van der Waals surface area contributed by atoms with Crippen LogP contribution in [0.25, 0.3) is 22.1 Å². The molecule has 0 unspecified atom stereocenters. The number of H-pyrrole nitrogens is 2. The van der Waals surface area contributed by atoms with E-state index in [1.165, 1.54) is 44.3 Å². The molecule has 352 valence electrons. The predicted molar refractivity (Wildman–Crippen MR) is 247 cm³/mol. The zero-order valence-electron chi connectivity index (χ0n) is 37.2. The number of anilines is 4. The maximum absolute atomic E-state index is 12.9. The minimum absolute atomic E-state index is 0.0201. The number of aromatic amines is 2. The highest BCUT2D eigenvalue weighted by atomic mass is 16.6. The lowest BCUT2D eigenvalue weighted by molar-refractivity contribution is -0.119. The fourth-order valence-electron chi connectivity index (χ4n) is 7.00. The van der Waals surface area contributed by atoms with Gasteiger partial charge in [-0.3, -0.25) is 29.3 Å². The highest BCUT2D eigenvalue weighted by Gasteiger charge is 2.24. The third-order valence-electron chi connectivity index (χ3n) is 10.1. The lowest BCUT2D eigenvalue weighted by Crippen LogP contribution is -2.27. The lowest BCUT2D eigenvalue weighted by Gasteiger charge is -2.19. The third-order valence-corrected chi connectivity index (χ3v) is 10.1. The molecule has 0 atom stereocenters. The van der Waals surface area contributed by atoms with Gasteiger partial charge in [0, 0.05) is 25.5 Å². The lowest BCUT2D eigenvalue weighted by atomic mass is 10.1. The van der Waals surface area contributed by atoms with E-state index in [1.807, 2.05) is 0 Å². The summed E-state index contributed by atoms with van der Waals surface area (Å²) < 4.78 is 20.7. The topological polar surface area (TPSA) is 312 Å². The molecule has 69 heavy (non-hydrogen) atoms. The number of hydrogen-bond donors (Lipinski definition) is 8. The third kappa shape index (κ3) is 10.7. The SMILES string of the molecule is CC(C)(C)OC(=O)Nc1c[nH]c2c(C(=O)NCc3ccc4c(c3)NC(=O)CO4)ncnc12.COC(=O)c1ccccc1C(=O)Nc1c[nH]c2c(C(=O)NCc3ccc4c(c3)NC(=O)CO4)ncnc12. The van der Waals surface area contributed by atoms with Gasteiger partial charge in [-0.25, -0.2) is 29.5 Å². The van der Waals surface area contributed by atoms with Gasteiger partial charge in [0.15, 0.2) is 24.6 Å². The molecule has 23 nitrogen and oxygen atoms in total. The monoisotopic (exact) mass is 938 g/mol. The van der Waals surface area contributed by atoms with Gasteiger partial charge in [-0.05, 0) is 68.3 Å². The second-order valence-electron chi connectivity index (χ2n) is 16.1. The first-order chi connectivity index (χ1) is 33.1. The van der Waals surface area contributed by atoms with Gasteiger partial charge in [0.1, 0.15) is 40.8 Å². The first-order valence-corrected chi connectivity index (χ1v) is 20.9. The van der Waals surface area contributed by atoms with Crippen molar-refractivity contribution in [3.63, 3.8) is 0 Å². The van der Waals surface area contributed by atoms with Gasteiger partial charge in [-0.15, -0.1) is 0 Å². The van der Waals surface area contributed by atoms with Crippen LogP contribution in [0.1, 0.15) is 73.6 Å². The molecule has 0 bridgehead atoms. The van der Waals surface area contributed by atoms with Crippen molar-refractivity contribution in [2.45, 2.75) is 39.5 Å². The summed E-state index contributed by atoms with van der Waals surface area (Å²) in [5.74, 6) is -1.43. The molecule has 2 aliphatic rings. The zero-order valence-corrected chi connectivity index (χ0v) is 37.2. The van der Waals surface area contributed by atoms with E-state index in [0.29, 0.717) is 56.3 Å². The predicted octanol–water partition coefficient (Wildman–Crippen LogP) is 4.82. The van der Waals surface area contributed by atoms with Crippen molar-refractivity contribution >= 4 is 86.4 Å². The normalized spacial score (nSPS) is 12.6. The maximum Gasteiger partial charge on any atom is 0.412 e. The fourth-order valence-corrected chi connectivity index (χ4v) is 7.00. The van der Waals surface area contributed by atoms with Crippen molar-refractivity contribution in [3.8, 4) is 11.5 Å². The van der Waals surface area contributed by atoms with Crippen molar-refractivity contribution in [1.29, 1.82) is 0 Å². The molecule has 6 heterocycles. The van der Waals surface area contributed by atoms with Gasteiger partial charge in [0.2, 0.25) is 0 Å². The number of aromatic nitrogens is 6. The minimum Gasteiger partial charge on any atom is -0.482 e. The van der Waals surface area contributed by atoms with E-state index >= 15 is 0 Å². The Labute approximate surface area is 390 Å². The minimum atomic E-state index is -0.651. The van der Waals surface area contributed by atoms with Crippen LogP contribution in [-0.4, -0.2) is 97.4 Å². The number of fused-ring (bicyclic) bond motifs is 4. The second-order valence-corrected chi connectivity index (χ2v) is 16.1. The number of ether oxygens (including phenoxy) is 4. The second kappa shape index (κ2) is 19.6. The van der Waals surface area contributed by atoms with Crippen LogP contribution in [-0.2, 0) is 32.2 Å². The molecular formula is C46H42N12O11. The number of esters is 1. The molecule has 6 amide bonds. The molecular weight excluding hydrogens is 897 g/mol. The number of rotatable bonds is 10. The fraction of sp³-hybridized carbons (Fsp3) is 0.196. The molecule has 8 N–H and O–H groups in total. The Balaban J connectivity index is 0.000000188. The average molecular weight is 939 g/mol. The van der Waals surface area contributed by atoms with E-state index in [1.54, 1.807) is 69.3 Å². The van der Waals surface area contributed by atoms with Gasteiger partial charge >= 0.3 is 12.1 Å². The Bertz CT molecular complexity index is 3190. The largest absolute Gasteiger partial charge is 0.482 e. The van der Waals surface area contributed by atoms with Crippen molar-refractivity contribution < 1.29 is 52.5 Å². The van der Waals surface area contributed by atoms with Gasteiger partial charge in [-0.1, -0.05) is 24.3 Å². The highest BCUT2D eigenvalue weighted by Crippen LogP contribution is 2.30. The van der Waals surface area contributed by atoms with Crippen LogP contribution in [0.4, 0.5) is 27.5 Å². The number of amides is 6. The molecule has 0 saturated carbocycles. The standard InChI is InChI=1S/C25H20N6O6.C21H22N6O5/c1-36-25(35)15-5-3-2-4-14(15)23(33)31-17-10-26-21-20(17)28-12-29-22(21)24(34)27-9-13-6-7-18-16(8-13)30-19(32)11-37-18;1-21(2,3)32-20(30)27-13-8-22-17-16(13)24-10-25-18(17)19(29)23-7-11-4-5-14-12(6-11)26-15(28)9-31-14/h2-8,10,12,26H,9,11H2,1H3,(H,27,34)(H,30,32)(H,31,33);4-6,8,10,22H,7,9H2,1-3H3,(H,23,29)(H,26,28)(H,27,30). The smallest absolute Gasteiger partial charge is 0.412 e. The van der Waals surface area contributed by atoms with E-state index in [0.717, 1.165) is 11.1 Å². The van der Waals surface area contributed by atoms with E-state index in [2.05, 4.69) is 61.8 Å². The summed E-state index contributed by atoms with van der Waals surface area (Å²) in [6.07, 6.45) is 4.84. The molecule has 0 saturated heterocycles. The molecule has 0 aliphatic carbocycles. The molecule has 0 spiro atoms. The summed E-state index contributed by atoms with van der Waals surface area (Å²) >= 11 is 0. The van der Waals surface area contributed by atoms with Crippen LogP contribution in [0.3, 0.4) is 0 Å². The number of methoxy groups -OCH3 is 1. The summed E-state index contributed by atoms with van der Waals surface area (Å²) in [7, 11) is 1.23. The van der Waals surface area contributed by atoms with Crippen LogP contribution >= 0.6 is 0 Å². The first-order valence-electron chi connectivity index (χ1n) is 20.9. The van der Waals surface area contributed by atoms with Crippen molar-refractivity contribution in [2.75, 3.05) is 41.6 Å². The average Bonchev–Trinajstić information content (AvgIpc) is 3.95. The van der Waals surface area contributed by atoms with Crippen LogP contribution in [0, 0.1) is 0 Å². The number of hydrogen-bond acceptors (Lipinski definition) is 15. The van der Waals surface area contributed by atoms with E-state index in [9.17, 15) is 33.6 Å². The Morgan fingerprint density at radius 2 is 1.14 bits per heavy atom. The Morgan fingerprint density at radius 3 is 1.64 bits per heavy atom. The summed E-state index contributed by atoms with van der Waals surface area (Å²) in [4.78, 5) is 108. The molecule has 2 aliphatic heterocycles. The van der Waals surface area contributed by atoms with Crippen LogP contribution < -0.4 is 41.4 Å². The van der Waals surface area contributed by atoms with E-state index in [-0.39, 0.29) is 60.6 Å². The molecule has 23 heteroatoms. The summed E-state index contributed by atoms with van der Waals surface area (Å²) in [5.41, 5.74) is 4.47. The van der Waals surface area contributed by atoms with E-state index in [4.69, 9.17) is 18.9 Å². The van der Waals surface area contributed by atoms with E-state index < -0.39 is 35.4 Å². The number of nitrogens with one attached hydrogen (secondary N) is 8. The number of carbonyl (C=O) groups excluding carboxylic acids is 7. The molecule has 4 aromatic heterocycles. The van der Waals surface area contributed by atoms with Crippen LogP contribution in [0.15, 0.2) is 85.7 Å². The summed E-state index contributed by atoms with van der Waals surface area (Å²) in [6.45, 7) is 5.60. The van der Waals surface area contributed by atoms with Gasteiger partial charge in [0.25, 0.3) is 29.5 Å². The van der Waals surface area contributed by atoms with Crippen molar-refractivity contribution in [2.24, 2.45) is 0 Å². The Morgan fingerprint density at radius 1 is 0.652 bits per heavy atom. The zero-order chi connectivity index (χ0) is 48.8. The van der Waals surface area contributed by atoms with Crippen LogP contribution in [0.5, 0.6) is 11.5 Å². The molecule has 9 rings (SSSR count). The number of carbonyl (C=O) groups is 7. The van der Waals surface area contributed by atoms with Crippen molar-refractivity contribution in [1.82, 2.24) is 40.5 Å². The summed E-state index contributed by atoms with van der Waals surface area (Å²) in [6, 6.07) is 16.7. The molecule has 3 aromatic carbocycles. The first kappa shape index (κ1) is 46.1. The quantitative estimate of drug-likeness (QED) is 0.0853.